The Balaban J connectivity index is 0.00000243. The summed E-state index contributed by atoms with van der Waals surface area (Å²) < 4.78 is 0. The van der Waals surface area contributed by atoms with E-state index in [2.05, 4.69) is 21.3 Å². The third-order valence-corrected chi connectivity index (χ3v) is 4.13. The Morgan fingerprint density at radius 1 is 0.808 bits per heavy atom. The number of rotatable bonds is 4. The molecule has 6 nitrogen and oxygen atoms in total. The number of piperidine rings is 1. The molecule has 1 aliphatic heterocycles. The predicted octanol–water partition coefficient (Wildman–Crippen LogP) is 3.69. The van der Waals surface area contributed by atoms with Gasteiger partial charge >= 0.3 is 6.03 Å². The first-order valence-corrected chi connectivity index (χ1v) is 8.45. The van der Waals surface area contributed by atoms with E-state index in [1.165, 1.54) is 0 Å². The Labute approximate surface area is 159 Å². The highest BCUT2D eigenvalue weighted by molar-refractivity contribution is 6.00. The number of halogens is 1. The minimum atomic E-state index is -0.326. The molecule has 0 aliphatic carbocycles. The molecule has 0 unspecified atom stereocenters. The van der Waals surface area contributed by atoms with Gasteiger partial charge in [0.1, 0.15) is 0 Å². The van der Waals surface area contributed by atoms with E-state index in [9.17, 15) is 9.59 Å². The summed E-state index contributed by atoms with van der Waals surface area (Å²) in [5.74, 6) is 0.0756. The summed E-state index contributed by atoms with van der Waals surface area (Å²) >= 11 is 0. The zero-order valence-corrected chi connectivity index (χ0v) is 15.1. The van der Waals surface area contributed by atoms with Crippen LogP contribution in [0.2, 0.25) is 0 Å². The van der Waals surface area contributed by atoms with Crippen LogP contribution < -0.4 is 21.3 Å². The fourth-order valence-corrected chi connectivity index (χ4v) is 2.82. The molecule has 3 rings (SSSR count). The molecule has 0 radical (unpaired) electrons. The van der Waals surface area contributed by atoms with Gasteiger partial charge in [0, 0.05) is 23.0 Å². The molecule has 0 spiro atoms. The maximum atomic E-state index is 12.3. The first kappa shape index (κ1) is 19.8. The summed E-state index contributed by atoms with van der Waals surface area (Å²) in [6, 6.07) is 16.1. The fourth-order valence-electron chi connectivity index (χ4n) is 2.82. The number of para-hydroxylation sites is 1. The van der Waals surface area contributed by atoms with E-state index in [0.717, 1.165) is 31.6 Å². The Hall–Kier alpha value is -2.57. The molecule has 1 heterocycles. The van der Waals surface area contributed by atoms with Gasteiger partial charge in [0.25, 0.3) is 0 Å². The van der Waals surface area contributed by atoms with E-state index in [-0.39, 0.29) is 30.3 Å². The Morgan fingerprint density at radius 3 is 2.08 bits per heavy atom. The van der Waals surface area contributed by atoms with Gasteiger partial charge in [0.2, 0.25) is 5.91 Å². The molecule has 138 valence electrons. The van der Waals surface area contributed by atoms with E-state index in [1.54, 1.807) is 18.2 Å². The highest BCUT2D eigenvalue weighted by Crippen LogP contribution is 2.19. The Kier molecular flexibility index (Phi) is 7.44. The Bertz CT molecular complexity index is 733. The number of benzene rings is 2. The van der Waals surface area contributed by atoms with E-state index in [4.69, 9.17) is 0 Å². The van der Waals surface area contributed by atoms with Crippen molar-refractivity contribution in [3.63, 3.8) is 0 Å². The maximum absolute atomic E-state index is 12.3. The van der Waals surface area contributed by atoms with Crippen LogP contribution in [0.4, 0.5) is 21.9 Å². The summed E-state index contributed by atoms with van der Waals surface area (Å²) in [4.78, 5) is 24.3. The average Bonchev–Trinajstić information content (AvgIpc) is 2.63. The van der Waals surface area contributed by atoms with Gasteiger partial charge in [-0.1, -0.05) is 24.3 Å². The number of hydrogen-bond donors (Lipinski definition) is 4. The molecular formula is C19H23ClN4O2. The second-order valence-electron chi connectivity index (χ2n) is 6.04. The smallest absolute Gasteiger partial charge is 0.323 e. The van der Waals surface area contributed by atoms with Crippen molar-refractivity contribution in [1.29, 1.82) is 0 Å². The van der Waals surface area contributed by atoms with Crippen LogP contribution in [0.1, 0.15) is 12.8 Å². The molecule has 2 aromatic rings. The van der Waals surface area contributed by atoms with Crippen LogP contribution in [0.3, 0.4) is 0 Å². The second kappa shape index (κ2) is 9.79. The normalized spacial score (nSPS) is 14.0. The molecule has 0 saturated carbocycles. The number of amides is 3. The molecule has 0 atom stereocenters. The Morgan fingerprint density at radius 2 is 1.38 bits per heavy atom. The van der Waals surface area contributed by atoms with Gasteiger partial charge in [-0.15, -0.1) is 12.4 Å². The SMILES string of the molecule is Cl.O=C(Nc1ccccc1)Nc1cccc(NC(=O)C2CCNCC2)c1. The van der Waals surface area contributed by atoms with Crippen LogP contribution in [0.15, 0.2) is 54.6 Å². The molecule has 0 bridgehead atoms. The van der Waals surface area contributed by atoms with Crippen molar-refractivity contribution in [2.45, 2.75) is 12.8 Å². The summed E-state index contributed by atoms with van der Waals surface area (Å²) in [7, 11) is 0. The van der Waals surface area contributed by atoms with Crippen LogP contribution in [0, 0.1) is 5.92 Å². The van der Waals surface area contributed by atoms with Crippen LogP contribution in [-0.2, 0) is 4.79 Å². The first-order valence-electron chi connectivity index (χ1n) is 8.45. The molecule has 1 saturated heterocycles. The third-order valence-electron chi connectivity index (χ3n) is 4.13. The van der Waals surface area contributed by atoms with E-state index < -0.39 is 0 Å². The van der Waals surface area contributed by atoms with Gasteiger partial charge in [-0.25, -0.2) is 4.79 Å². The standard InChI is InChI=1S/C19H22N4O2.ClH/c24-18(14-9-11-20-12-10-14)21-16-7-4-8-17(13-16)23-19(25)22-15-5-2-1-3-6-15;/h1-8,13-14,20H,9-12H2,(H,21,24)(H2,22,23,25);1H. The first-order chi connectivity index (χ1) is 12.2. The monoisotopic (exact) mass is 374 g/mol. The molecule has 1 fully saturated rings. The molecule has 3 amide bonds. The highest BCUT2D eigenvalue weighted by Gasteiger charge is 2.20. The lowest BCUT2D eigenvalue weighted by atomic mass is 9.97. The number of nitrogens with one attached hydrogen (secondary N) is 4. The van der Waals surface area contributed by atoms with Crippen molar-refractivity contribution in [1.82, 2.24) is 5.32 Å². The lowest BCUT2D eigenvalue weighted by Crippen LogP contribution is -2.34. The van der Waals surface area contributed by atoms with Gasteiger partial charge in [-0.2, -0.15) is 0 Å². The van der Waals surface area contributed by atoms with Gasteiger partial charge in [0.05, 0.1) is 0 Å². The molecule has 4 N–H and O–H groups in total. The molecular weight excluding hydrogens is 352 g/mol. The minimum absolute atomic E-state index is 0. The van der Waals surface area contributed by atoms with E-state index in [0.29, 0.717) is 11.4 Å². The maximum Gasteiger partial charge on any atom is 0.323 e. The summed E-state index contributed by atoms with van der Waals surface area (Å²) in [5.41, 5.74) is 2.02. The van der Waals surface area contributed by atoms with E-state index in [1.807, 2.05) is 36.4 Å². The zero-order valence-electron chi connectivity index (χ0n) is 14.3. The van der Waals surface area contributed by atoms with Crippen LogP contribution in [-0.4, -0.2) is 25.0 Å². The summed E-state index contributed by atoms with van der Waals surface area (Å²) in [6.07, 6.45) is 1.70. The summed E-state index contributed by atoms with van der Waals surface area (Å²) in [5, 5.41) is 11.7. The lowest BCUT2D eigenvalue weighted by Gasteiger charge is -2.21. The zero-order chi connectivity index (χ0) is 17.5. The van der Waals surface area contributed by atoms with Gasteiger partial charge in [-0.3, -0.25) is 4.79 Å². The van der Waals surface area contributed by atoms with Gasteiger partial charge in [0.15, 0.2) is 0 Å². The molecule has 0 aromatic heterocycles. The van der Waals surface area contributed by atoms with Crippen molar-refractivity contribution >= 4 is 41.4 Å². The number of carbonyl (C=O) groups is 2. The summed E-state index contributed by atoms with van der Waals surface area (Å²) in [6.45, 7) is 1.75. The second-order valence-corrected chi connectivity index (χ2v) is 6.04. The number of carbonyl (C=O) groups excluding carboxylic acids is 2. The minimum Gasteiger partial charge on any atom is -0.326 e. The molecule has 2 aromatic carbocycles. The number of urea groups is 1. The largest absolute Gasteiger partial charge is 0.326 e. The fraction of sp³-hybridized carbons (Fsp3) is 0.263. The van der Waals surface area contributed by atoms with Gasteiger partial charge < -0.3 is 21.3 Å². The van der Waals surface area contributed by atoms with E-state index >= 15 is 0 Å². The van der Waals surface area contributed by atoms with Crippen molar-refractivity contribution in [3.05, 3.63) is 54.6 Å². The topological polar surface area (TPSA) is 82.3 Å². The van der Waals surface area contributed by atoms with Crippen molar-refractivity contribution in [2.24, 2.45) is 5.92 Å². The van der Waals surface area contributed by atoms with Gasteiger partial charge in [-0.05, 0) is 56.3 Å². The molecule has 1 aliphatic rings. The molecule has 7 heteroatoms. The average molecular weight is 375 g/mol. The quantitative estimate of drug-likeness (QED) is 0.658. The van der Waals surface area contributed by atoms with Crippen molar-refractivity contribution in [3.8, 4) is 0 Å². The highest BCUT2D eigenvalue weighted by atomic mass is 35.5. The third kappa shape index (κ3) is 5.75. The van der Waals surface area contributed by atoms with Crippen LogP contribution in [0.25, 0.3) is 0 Å². The lowest BCUT2D eigenvalue weighted by molar-refractivity contribution is -0.120. The number of anilines is 3. The van der Waals surface area contributed by atoms with Crippen LogP contribution >= 0.6 is 12.4 Å². The number of hydrogen-bond acceptors (Lipinski definition) is 3. The van der Waals surface area contributed by atoms with Crippen LogP contribution in [0.5, 0.6) is 0 Å². The molecule has 26 heavy (non-hydrogen) atoms. The van der Waals surface area contributed by atoms with Crippen molar-refractivity contribution in [2.75, 3.05) is 29.0 Å². The van der Waals surface area contributed by atoms with Crippen molar-refractivity contribution < 1.29 is 9.59 Å². The predicted molar refractivity (Wildman–Crippen MR) is 107 cm³/mol.